The van der Waals surface area contributed by atoms with Crippen LogP contribution in [0.5, 0.6) is 0 Å². The topological polar surface area (TPSA) is 96.5 Å². The van der Waals surface area contributed by atoms with Crippen LogP contribution < -0.4 is 0 Å². The molecule has 7 heteroatoms. The zero-order chi connectivity index (χ0) is 25.4. The van der Waals surface area contributed by atoms with Gasteiger partial charge in [-0.2, -0.15) is 0 Å². The molecule has 2 atom stereocenters. The monoisotopic (exact) mass is 480 g/mol. The fourth-order valence-corrected chi connectivity index (χ4v) is 4.64. The van der Waals surface area contributed by atoms with Gasteiger partial charge in [-0.3, -0.25) is 19.3 Å². The quantitative estimate of drug-likeness (QED) is 0.229. The second kappa shape index (κ2) is 9.26. The molecule has 5 rings (SSSR count). The summed E-state index contributed by atoms with van der Waals surface area (Å²) in [5.41, 5.74) is 2.15. The van der Waals surface area contributed by atoms with Gasteiger partial charge in [-0.1, -0.05) is 74.5 Å². The molecule has 1 aliphatic heterocycles. The van der Waals surface area contributed by atoms with E-state index in [2.05, 4.69) is 4.98 Å². The highest BCUT2D eigenvalue weighted by molar-refractivity contribution is 6.22. The first-order valence-electron chi connectivity index (χ1n) is 11.7. The van der Waals surface area contributed by atoms with Crippen molar-refractivity contribution in [2.24, 2.45) is 5.92 Å². The van der Waals surface area contributed by atoms with Gasteiger partial charge in [-0.25, -0.2) is 4.79 Å². The van der Waals surface area contributed by atoms with Crippen molar-refractivity contribution in [1.82, 2.24) is 9.88 Å². The minimum atomic E-state index is -1.26. The van der Waals surface area contributed by atoms with Crippen molar-refractivity contribution < 1.29 is 23.9 Å². The van der Waals surface area contributed by atoms with E-state index in [0.29, 0.717) is 16.5 Å². The number of rotatable bonds is 7. The van der Waals surface area contributed by atoms with Crippen LogP contribution in [0.2, 0.25) is 0 Å². The summed E-state index contributed by atoms with van der Waals surface area (Å²) in [7, 11) is 0. The Balaban J connectivity index is 1.50. The first-order valence-corrected chi connectivity index (χ1v) is 11.7. The predicted molar refractivity (Wildman–Crippen MR) is 133 cm³/mol. The van der Waals surface area contributed by atoms with Gasteiger partial charge in [0.2, 0.25) is 5.78 Å². The van der Waals surface area contributed by atoms with Crippen LogP contribution in [0.1, 0.15) is 56.6 Å². The lowest BCUT2D eigenvalue weighted by molar-refractivity contribution is -0.153. The van der Waals surface area contributed by atoms with Crippen LogP contribution in [-0.2, 0) is 9.53 Å². The minimum Gasteiger partial charge on any atom is -0.447 e. The summed E-state index contributed by atoms with van der Waals surface area (Å²) in [5, 5.41) is 0.709. The third-order valence-electron chi connectivity index (χ3n) is 6.41. The van der Waals surface area contributed by atoms with Gasteiger partial charge in [-0.15, -0.1) is 0 Å². The fourth-order valence-electron chi connectivity index (χ4n) is 4.64. The molecule has 0 spiro atoms. The van der Waals surface area contributed by atoms with Gasteiger partial charge < -0.3 is 9.72 Å². The maximum Gasteiger partial charge on any atom is 0.330 e. The molecule has 0 saturated carbocycles. The van der Waals surface area contributed by atoms with E-state index in [1.165, 1.54) is 0 Å². The van der Waals surface area contributed by atoms with Gasteiger partial charge in [0.1, 0.15) is 6.04 Å². The molecule has 7 nitrogen and oxygen atoms in total. The molecule has 1 aliphatic rings. The van der Waals surface area contributed by atoms with Gasteiger partial charge in [0.25, 0.3) is 11.8 Å². The van der Waals surface area contributed by atoms with Crippen LogP contribution in [-0.4, -0.2) is 39.5 Å². The highest BCUT2D eigenvalue weighted by Gasteiger charge is 2.45. The number of amides is 2. The van der Waals surface area contributed by atoms with Crippen LogP contribution in [0, 0.1) is 5.92 Å². The van der Waals surface area contributed by atoms with Gasteiger partial charge in [-0.05, 0) is 24.1 Å². The van der Waals surface area contributed by atoms with E-state index in [9.17, 15) is 19.2 Å². The van der Waals surface area contributed by atoms with E-state index < -0.39 is 41.6 Å². The van der Waals surface area contributed by atoms with Crippen molar-refractivity contribution in [3.05, 3.63) is 107 Å². The maximum absolute atomic E-state index is 13.7. The number of imide groups is 1. The standard InChI is InChI=1S/C29H24N2O5/c1-17(2)24(31-27(33)20-13-6-7-14-21(20)28(31)34)29(35)36-26(18-10-4-3-5-11-18)25(32)22-16-30-23-15-9-8-12-19(22)23/h3-17,24,26,30H,1-2H3/t24-,26+/m1/s1. The van der Waals surface area contributed by atoms with Crippen LogP contribution >= 0.6 is 0 Å². The highest BCUT2D eigenvalue weighted by atomic mass is 16.5. The molecule has 2 amide bonds. The van der Waals surface area contributed by atoms with E-state index in [1.54, 1.807) is 74.6 Å². The maximum atomic E-state index is 13.7. The molecular weight excluding hydrogens is 456 g/mol. The Bertz CT molecular complexity index is 1450. The Morgan fingerprint density at radius 2 is 1.39 bits per heavy atom. The number of aromatic amines is 1. The Morgan fingerprint density at radius 1 is 0.806 bits per heavy atom. The molecule has 4 aromatic rings. The van der Waals surface area contributed by atoms with Crippen LogP contribution in [0.25, 0.3) is 10.9 Å². The summed E-state index contributed by atoms with van der Waals surface area (Å²) >= 11 is 0. The molecule has 1 N–H and O–H groups in total. The zero-order valence-corrected chi connectivity index (χ0v) is 19.8. The normalized spacial score (nSPS) is 14.7. The Hall–Kier alpha value is -4.52. The molecule has 180 valence electrons. The number of hydrogen-bond acceptors (Lipinski definition) is 5. The van der Waals surface area contributed by atoms with Crippen molar-refractivity contribution in [2.75, 3.05) is 0 Å². The molecule has 0 radical (unpaired) electrons. The predicted octanol–water partition coefficient (Wildman–Crippen LogP) is 4.96. The first kappa shape index (κ1) is 23.2. The van der Waals surface area contributed by atoms with E-state index >= 15 is 0 Å². The number of carbonyl (C=O) groups is 4. The summed E-state index contributed by atoms with van der Waals surface area (Å²) in [4.78, 5) is 57.6. The third-order valence-corrected chi connectivity index (χ3v) is 6.41. The number of benzene rings is 3. The molecule has 36 heavy (non-hydrogen) atoms. The Morgan fingerprint density at radius 3 is 2.03 bits per heavy atom. The lowest BCUT2D eigenvalue weighted by Gasteiger charge is -2.29. The van der Waals surface area contributed by atoms with E-state index in [-0.39, 0.29) is 11.1 Å². The number of H-pyrrole nitrogens is 1. The number of ether oxygens (including phenoxy) is 1. The number of aromatic nitrogens is 1. The number of nitrogens with zero attached hydrogens (tertiary/aromatic N) is 1. The van der Waals surface area contributed by atoms with E-state index in [4.69, 9.17) is 4.74 Å². The first-order chi connectivity index (χ1) is 17.4. The molecule has 0 bridgehead atoms. The largest absolute Gasteiger partial charge is 0.447 e. The average Bonchev–Trinajstić information content (AvgIpc) is 3.43. The molecule has 2 heterocycles. The number of esters is 1. The number of Topliss-reactive ketones (excluding diaryl/α,β-unsaturated/α-hetero) is 1. The van der Waals surface area contributed by atoms with Crippen molar-refractivity contribution in [3.8, 4) is 0 Å². The van der Waals surface area contributed by atoms with Gasteiger partial charge >= 0.3 is 5.97 Å². The SMILES string of the molecule is CC(C)[C@H](C(=O)O[C@H](C(=O)c1c[nH]c2ccccc12)c1ccccc1)N1C(=O)c2ccccc2C1=O. The number of ketones is 1. The summed E-state index contributed by atoms with van der Waals surface area (Å²) in [6.45, 7) is 3.46. The van der Waals surface area contributed by atoms with Gasteiger partial charge in [0, 0.05) is 28.2 Å². The molecule has 0 fully saturated rings. The fraction of sp³-hybridized carbons (Fsp3) is 0.172. The van der Waals surface area contributed by atoms with Crippen molar-refractivity contribution in [2.45, 2.75) is 26.0 Å². The summed E-state index contributed by atoms with van der Waals surface area (Å²) in [5.74, 6) is -2.77. The number of fused-ring (bicyclic) bond motifs is 2. The minimum absolute atomic E-state index is 0.246. The average molecular weight is 481 g/mol. The molecule has 0 unspecified atom stereocenters. The lowest BCUT2D eigenvalue weighted by Crippen LogP contribution is -2.49. The van der Waals surface area contributed by atoms with Crippen molar-refractivity contribution >= 4 is 34.5 Å². The van der Waals surface area contributed by atoms with Crippen molar-refractivity contribution in [1.29, 1.82) is 0 Å². The molecule has 0 aliphatic carbocycles. The lowest BCUT2D eigenvalue weighted by atomic mass is 9.98. The molecule has 0 saturated heterocycles. The van der Waals surface area contributed by atoms with Crippen molar-refractivity contribution in [3.63, 3.8) is 0 Å². The second-order valence-electron chi connectivity index (χ2n) is 9.05. The smallest absolute Gasteiger partial charge is 0.330 e. The molecule has 3 aromatic carbocycles. The van der Waals surface area contributed by atoms with Gasteiger partial charge in [0.15, 0.2) is 6.10 Å². The number of para-hydroxylation sites is 1. The number of hydrogen-bond donors (Lipinski definition) is 1. The zero-order valence-electron chi connectivity index (χ0n) is 19.8. The van der Waals surface area contributed by atoms with E-state index in [1.807, 2.05) is 24.3 Å². The van der Waals surface area contributed by atoms with Gasteiger partial charge in [0.05, 0.1) is 11.1 Å². The summed E-state index contributed by atoms with van der Waals surface area (Å²) < 4.78 is 5.85. The molecular formula is C29H24N2O5. The Labute approximate surface area is 207 Å². The summed E-state index contributed by atoms with van der Waals surface area (Å²) in [6.07, 6.45) is 0.343. The number of carbonyl (C=O) groups excluding carboxylic acids is 4. The van der Waals surface area contributed by atoms with Crippen LogP contribution in [0.3, 0.4) is 0 Å². The second-order valence-corrected chi connectivity index (χ2v) is 9.05. The Kier molecular flexibility index (Phi) is 5.98. The third kappa shape index (κ3) is 3.88. The molecule has 1 aromatic heterocycles. The van der Waals surface area contributed by atoms with Crippen LogP contribution in [0.15, 0.2) is 85.1 Å². The van der Waals surface area contributed by atoms with E-state index in [0.717, 1.165) is 10.4 Å². The highest BCUT2D eigenvalue weighted by Crippen LogP contribution is 2.31. The summed E-state index contributed by atoms with van der Waals surface area (Å²) in [6, 6.07) is 21.3. The number of nitrogens with one attached hydrogen (secondary N) is 1. The van der Waals surface area contributed by atoms with Crippen LogP contribution in [0.4, 0.5) is 0 Å².